The molecule has 1 aliphatic heterocycles. The van der Waals surface area contributed by atoms with Gasteiger partial charge in [0, 0.05) is 29.4 Å². The Hall–Kier alpha value is -4.54. The number of hydrogen-bond acceptors (Lipinski definition) is 7. The number of fused-ring (bicyclic) bond motifs is 1. The Morgan fingerprint density at radius 2 is 1.91 bits per heavy atom. The molecule has 11 heteroatoms. The van der Waals surface area contributed by atoms with Gasteiger partial charge < -0.3 is 16.0 Å². The molecule has 3 aromatic rings. The molecule has 162 valence electrons. The molecule has 0 bridgehead atoms. The summed E-state index contributed by atoms with van der Waals surface area (Å²) in [6.07, 6.45) is -0.261. The summed E-state index contributed by atoms with van der Waals surface area (Å²) in [5, 5.41) is 19.2. The third-order valence-electron chi connectivity index (χ3n) is 4.98. The predicted molar refractivity (Wildman–Crippen MR) is 117 cm³/mol. The van der Waals surface area contributed by atoms with Crippen LogP contribution in [0.15, 0.2) is 53.3 Å². The van der Waals surface area contributed by atoms with E-state index in [2.05, 4.69) is 25.9 Å². The Balaban J connectivity index is 1.63. The number of aromatic nitrogens is 2. The molecule has 11 nitrogen and oxygen atoms in total. The molecule has 1 atom stereocenters. The summed E-state index contributed by atoms with van der Waals surface area (Å²) in [6.45, 7) is 1.58. The van der Waals surface area contributed by atoms with Gasteiger partial charge in [0.25, 0.3) is 11.2 Å². The maximum atomic E-state index is 12.9. The quantitative estimate of drug-likeness (QED) is 0.355. The smallest absolute Gasteiger partial charge is 0.274 e. The Morgan fingerprint density at radius 3 is 2.62 bits per heavy atom. The first kappa shape index (κ1) is 20.7. The first-order valence-electron chi connectivity index (χ1n) is 9.64. The van der Waals surface area contributed by atoms with Gasteiger partial charge in [0.05, 0.1) is 16.4 Å². The van der Waals surface area contributed by atoms with Crippen molar-refractivity contribution in [3.8, 4) is 0 Å². The van der Waals surface area contributed by atoms with Gasteiger partial charge in [-0.3, -0.25) is 29.5 Å². The normalized spacial score (nSPS) is 14.8. The fraction of sp³-hybridized carbons (Fsp3) is 0.143. The van der Waals surface area contributed by atoms with Crippen molar-refractivity contribution in [2.24, 2.45) is 0 Å². The van der Waals surface area contributed by atoms with Crippen LogP contribution in [0.5, 0.6) is 0 Å². The second-order valence-corrected chi connectivity index (χ2v) is 7.22. The Bertz CT molecular complexity index is 1290. The number of carbonyl (C=O) groups is 2. The summed E-state index contributed by atoms with van der Waals surface area (Å²) in [4.78, 5) is 55.3. The van der Waals surface area contributed by atoms with Crippen LogP contribution in [0.2, 0.25) is 0 Å². The molecule has 1 aromatic heterocycles. The van der Waals surface area contributed by atoms with Crippen LogP contribution in [0, 0.1) is 17.0 Å². The number of nitrogens with one attached hydrogen (secondary N) is 4. The summed E-state index contributed by atoms with van der Waals surface area (Å²) in [5.74, 6) is -2.14. The van der Waals surface area contributed by atoms with Crippen molar-refractivity contribution >= 4 is 40.6 Å². The monoisotopic (exact) mass is 434 g/mol. The van der Waals surface area contributed by atoms with Crippen LogP contribution in [0.3, 0.4) is 0 Å². The van der Waals surface area contributed by atoms with Crippen LogP contribution < -0.4 is 21.5 Å². The predicted octanol–water partition coefficient (Wildman–Crippen LogP) is 2.79. The molecule has 4 rings (SSSR count). The summed E-state index contributed by atoms with van der Waals surface area (Å²) < 4.78 is 0. The third kappa shape index (κ3) is 4.17. The summed E-state index contributed by atoms with van der Waals surface area (Å²) in [7, 11) is 0. The van der Waals surface area contributed by atoms with Gasteiger partial charge in [-0.25, -0.2) is 0 Å². The van der Waals surface area contributed by atoms with Crippen LogP contribution in [0.25, 0.3) is 0 Å². The van der Waals surface area contributed by atoms with Crippen molar-refractivity contribution in [1.29, 1.82) is 0 Å². The number of nitrogens with zero attached hydrogens (tertiary/aromatic N) is 2. The minimum Gasteiger partial charge on any atom is -0.326 e. The van der Waals surface area contributed by atoms with Crippen LogP contribution >= 0.6 is 0 Å². The number of benzene rings is 2. The Morgan fingerprint density at radius 1 is 1.16 bits per heavy atom. The molecular formula is C21H18N6O5. The van der Waals surface area contributed by atoms with Crippen molar-refractivity contribution in [3.05, 3.63) is 80.1 Å². The molecular weight excluding hydrogens is 416 g/mol. The highest BCUT2D eigenvalue weighted by molar-refractivity contribution is 6.04. The lowest BCUT2D eigenvalue weighted by Gasteiger charge is -2.23. The number of rotatable bonds is 5. The van der Waals surface area contributed by atoms with E-state index in [4.69, 9.17) is 0 Å². The van der Waals surface area contributed by atoms with Crippen molar-refractivity contribution in [3.63, 3.8) is 0 Å². The topological polar surface area (TPSA) is 159 Å². The van der Waals surface area contributed by atoms with Crippen molar-refractivity contribution in [2.75, 3.05) is 16.0 Å². The summed E-state index contributed by atoms with van der Waals surface area (Å²) >= 11 is 0. The van der Waals surface area contributed by atoms with E-state index in [-0.39, 0.29) is 35.1 Å². The average Bonchev–Trinajstić information content (AvgIpc) is 2.74. The minimum absolute atomic E-state index is 0.0153. The highest BCUT2D eigenvalue weighted by atomic mass is 16.6. The maximum Gasteiger partial charge on any atom is 0.274 e. The van der Waals surface area contributed by atoms with Gasteiger partial charge in [-0.1, -0.05) is 24.3 Å². The third-order valence-corrected chi connectivity index (χ3v) is 4.98. The van der Waals surface area contributed by atoms with E-state index >= 15 is 0 Å². The zero-order valence-electron chi connectivity index (χ0n) is 16.8. The van der Waals surface area contributed by atoms with E-state index < -0.39 is 28.2 Å². The van der Waals surface area contributed by atoms with E-state index in [1.807, 2.05) is 6.07 Å². The number of anilines is 4. The molecule has 2 amide bonds. The van der Waals surface area contributed by atoms with Gasteiger partial charge in [0.1, 0.15) is 5.82 Å². The maximum absolute atomic E-state index is 12.9. The lowest BCUT2D eigenvalue weighted by atomic mass is 9.92. The van der Waals surface area contributed by atoms with Crippen molar-refractivity contribution in [2.45, 2.75) is 19.3 Å². The molecule has 0 saturated heterocycles. The molecule has 0 aliphatic carbocycles. The zero-order chi connectivity index (χ0) is 22.8. The van der Waals surface area contributed by atoms with E-state index in [1.165, 1.54) is 18.2 Å². The number of H-pyrrole nitrogens is 1. The Labute approximate surface area is 181 Å². The number of carbonyl (C=O) groups excluding carboxylic acids is 2. The van der Waals surface area contributed by atoms with Gasteiger partial charge in [-0.2, -0.15) is 4.98 Å². The van der Waals surface area contributed by atoms with Crippen molar-refractivity contribution in [1.82, 2.24) is 9.97 Å². The highest BCUT2D eigenvalue weighted by Gasteiger charge is 2.35. The fourth-order valence-corrected chi connectivity index (χ4v) is 3.43. The molecule has 1 aliphatic rings. The Kier molecular flexibility index (Phi) is 5.37. The van der Waals surface area contributed by atoms with Gasteiger partial charge in [0.15, 0.2) is 0 Å². The van der Waals surface area contributed by atoms with Gasteiger partial charge in [-0.05, 0) is 25.1 Å². The van der Waals surface area contributed by atoms with Gasteiger partial charge in [-0.15, -0.1) is 0 Å². The number of para-hydroxylation sites is 1. The minimum atomic E-state index is -1.11. The van der Waals surface area contributed by atoms with Crippen molar-refractivity contribution < 1.29 is 14.5 Å². The molecule has 0 saturated carbocycles. The molecule has 32 heavy (non-hydrogen) atoms. The summed E-state index contributed by atoms with van der Waals surface area (Å²) in [5.41, 5.74) is 0.584. The number of amides is 2. The van der Waals surface area contributed by atoms with E-state index in [0.29, 0.717) is 11.3 Å². The number of nitro groups is 1. The van der Waals surface area contributed by atoms with Gasteiger partial charge >= 0.3 is 0 Å². The highest BCUT2D eigenvalue weighted by Crippen LogP contribution is 2.31. The lowest BCUT2D eigenvalue weighted by Crippen LogP contribution is -2.36. The number of aromatic amines is 1. The molecule has 0 spiro atoms. The van der Waals surface area contributed by atoms with E-state index in [1.54, 1.807) is 31.2 Å². The molecule has 4 N–H and O–H groups in total. The number of nitro benzene ring substituents is 1. The molecule has 2 heterocycles. The zero-order valence-corrected chi connectivity index (χ0v) is 16.8. The van der Waals surface area contributed by atoms with E-state index in [9.17, 15) is 24.5 Å². The standard InChI is InChI=1S/C21H18N6O5/c1-11-7-8-13(9-15(11)27(31)32)22-19(29)14-10-16(28)24-18-17(14)20(30)26-21(25-18)23-12-5-3-2-4-6-12/h2-9,14H,10H2,1H3,(H,22,29)(H3,23,24,25,26,28,30)/t14-/m0/s1. The molecule has 0 radical (unpaired) electrons. The van der Waals surface area contributed by atoms with Crippen LogP contribution in [0.1, 0.15) is 23.5 Å². The molecule has 2 aromatic carbocycles. The second-order valence-electron chi connectivity index (χ2n) is 7.22. The van der Waals surface area contributed by atoms with E-state index in [0.717, 1.165) is 0 Å². The first-order valence-corrected chi connectivity index (χ1v) is 9.64. The second kappa shape index (κ2) is 8.30. The largest absolute Gasteiger partial charge is 0.326 e. The SMILES string of the molecule is Cc1ccc(NC(=O)[C@H]2CC(=O)Nc3nc(Nc4ccccc4)[nH]c(=O)c32)cc1[N+](=O)[O-]. The number of hydrogen-bond donors (Lipinski definition) is 4. The first-order chi connectivity index (χ1) is 15.3. The lowest BCUT2D eigenvalue weighted by molar-refractivity contribution is -0.385. The van der Waals surface area contributed by atoms with Crippen LogP contribution in [-0.2, 0) is 9.59 Å². The van der Waals surface area contributed by atoms with Crippen LogP contribution in [-0.4, -0.2) is 26.7 Å². The average molecular weight is 434 g/mol. The van der Waals surface area contributed by atoms with Gasteiger partial charge in [0.2, 0.25) is 17.8 Å². The summed E-state index contributed by atoms with van der Waals surface area (Å²) in [6, 6.07) is 13.2. The van der Waals surface area contributed by atoms with Crippen LogP contribution in [0.4, 0.5) is 28.8 Å². The molecule has 0 fully saturated rings. The fourth-order valence-electron chi connectivity index (χ4n) is 3.43. The molecule has 0 unspecified atom stereocenters. The number of aryl methyl sites for hydroxylation is 1.